The number of hydrogen-bond acceptors (Lipinski definition) is 4. The van der Waals surface area contributed by atoms with E-state index < -0.39 is 5.54 Å². The van der Waals surface area contributed by atoms with Crippen LogP contribution in [0, 0.1) is 5.92 Å². The van der Waals surface area contributed by atoms with Crippen LogP contribution >= 0.6 is 0 Å². The third-order valence-electron chi connectivity index (χ3n) is 3.53. The van der Waals surface area contributed by atoms with E-state index in [1.807, 2.05) is 13.8 Å². The van der Waals surface area contributed by atoms with Gasteiger partial charge in [0.15, 0.2) is 0 Å². The largest absolute Gasteiger partial charge is 0.465 e. The van der Waals surface area contributed by atoms with Crippen molar-refractivity contribution in [2.24, 2.45) is 5.92 Å². The minimum absolute atomic E-state index is 0.141. The highest BCUT2D eigenvalue weighted by Crippen LogP contribution is 2.30. The Morgan fingerprint density at radius 2 is 2.05 bits per heavy atom. The van der Waals surface area contributed by atoms with Crippen LogP contribution < -0.4 is 5.32 Å². The van der Waals surface area contributed by atoms with E-state index in [0.717, 1.165) is 25.6 Å². The van der Waals surface area contributed by atoms with E-state index in [2.05, 4.69) is 31.0 Å². The number of nitrogens with one attached hydrogen (secondary N) is 1. The molecule has 1 unspecified atom stereocenters. The predicted molar refractivity (Wildman–Crippen MR) is 78.1 cm³/mol. The fraction of sp³-hybridized carbons (Fsp3) is 0.933. The molecule has 0 heterocycles. The first-order valence-corrected chi connectivity index (χ1v) is 7.58. The standard InChI is InChI=1S/C15H30N2O2/c1-6-17(10-13-8-9-13)11-15(5,16-12(3)4)14(18)19-7-2/h12-13,16H,6-11H2,1-5H3. The Morgan fingerprint density at radius 1 is 1.42 bits per heavy atom. The van der Waals surface area contributed by atoms with E-state index in [1.54, 1.807) is 0 Å². The van der Waals surface area contributed by atoms with Crippen LogP contribution in [0.4, 0.5) is 0 Å². The van der Waals surface area contributed by atoms with E-state index in [4.69, 9.17) is 4.74 Å². The second-order valence-corrected chi connectivity index (χ2v) is 6.12. The zero-order valence-corrected chi connectivity index (χ0v) is 13.2. The Labute approximate surface area is 117 Å². The summed E-state index contributed by atoms with van der Waals surface area (Å²) in [6.45, 7) is 13.3. The molecule has 0 bridgehead atoms. The molecule has 1 fully saturated rings. The van der Waals surface area contributed by atoms with Gasteiger partial charge in [-0.05, 0) is 53.0 Å². The predicted octanol–water partition coefficient (Wildman–Crippen LogP) is 2.04. The molecule has 1 aliphatic carbocycles. The minimum atomic E-state index is -0.616. The molecule has 1 aliphatic rings. The molecule has 19 heavy (non-hydrogen) atoms. The monoisotopic (exact) mass is 270 g/mol. The van der Waals surface area contributed by atoms with Crippen molar-refractivity contribution in [2.45, 2.75) is 59.0 Å². The zero-order chi connectivity index (χ0) is 14.5. The Hall–Kier alpha value is -0.610. The van der Waals surface area contributed by atoms with Crippen molar-refractivity contribution in [3.63, 3.8) is 0 Å². The maximum Gasteiger partial charge on any atom is 0.327 e. The molecule has 4 heteroatoms. The number of nitrogens with zero attached hydrogens (tertiary/aromatic N) is 1. The number of likely N-dealkylation sites (N-methyl/N-ethyl adjacent to an activating group) is 1. The molecule has 1 saturated carbocycles. The fourth-order valence-corrected chi connectivity index (χ4v) is 2.51. The van der Waals surface area contributed by atoms with Crippen LogP contribution in [0.2, 0.25) is 0 Å². The highest BCUT2D eigenvalue weighted by Gasteiger charge is 2.37. The van der Waals surface area contributed by atoms with Crippen LogP contribution in [0.25, 0.3) is 0 Å². The molecular formula is C15H30N2O2. The molecule has 1 atom stereocenters. The van der Waals surface area contributed by atoms with Crippen molar-refractivity contribution in [1.29, 1.82) is 0 Å². The van der Waals surface area contributed by atoms with Gasteiger partial charge >= 0.3 is 5.97 Å². The Bertz CT molecular complexity index is 290. The Kier molecular flexibility index (Phi) is 6.27. The van der Waals surface area contributed by atoms with Gasteiger partial charge in [-0.1, -0.05) is 6.92 Å². The second-order valence-electron chi connectivity index (χ2n) is 6.12. The van der Waals surface area contributed by atoms with Crippen LogP contribution in [-0.4, -0.2) is 48.7 Å². The van der Waals surface area contributed by atoms with Gasteiger partial charge in [-0.2, -0.15) is 0 Å². The van der Waals surface area contributed by atoms with Gasteiger partial charge in [0.2, 0.25) is 0 Å². The lowest BCUT2D eigenvalue weighted by Crippen LogP contribution is -2.59. The van der Waals surface area contributed by atoms with Crippen molar-refractivity contribution < 1.29 is 9.53 Å². The van der Waals surface area contributed by atoms with E-state index >= 15 is 0 Å². The molecule has 0 radical (unpaired) electrons. The summed E-state index contributed by atoms with van der Waals surface area (Å²) < 4.78 is 5.25. The highest BCUT2D eigenvalue weighted by molar-refractivity contribution is 5.80. The fourth-order valence-electron chi connectivity index (χ4n) is 2.51. The van der Waals surface area contributed by atoms with Crippen LogP contribution in [0.3, 0.4) is 0 Å². The molecule has 0 amide bonds. The SMILES string of the molecule is CCOC(=O)C(C)(CN(CC)CC1CC1)NC(C)C. The average Bonchev–Trinajstić information content (AvgIpc) is 3.11. The van der Waals surface area contributed by atoms with Gasteiger partial charge in [0.1, 0.15) is 5.54 Å². The maximum absolute atomic E-state index is 12.2. The number of rotatable bonds is 9. The summed E-state index contributed by atoms with van der Waals surface area (Å²) in [4.78, 5) is 14.6. The average molecular weight is 270 g/mol. The van der Waals surface area contributed by atoms with Gasteiger partial charge in [-0.15, -0.1) is 0 Å². The number of hydrogen-bond donors (Lipinski definition) is 1. The van der Waals surface area contributed by atoms with E-state index in [1.165, 1.54) is 12.8 Å². The van der Waals surface area contributed by atoms with Gasteiger partial charge in [0, 0.05) is 19.1 Å². The minimum Gasteiger partial charge on any atom is -0.465 e. The summed E-state index contributed by atoms with van der Waals surface area (Å²) in [5, 5.41) is 3.38. The third-order valence-corrected chi connectivity index (χ3v) is 3.53. The summed E-state index contributed by atoms with van der Waals surface area (Å²) in [7, 11) is 0. The van der Waals surface area contributed by atoms with Crippen LogP contribution in [0.15, 0.2) is 0 Å². The number of carbonyl (C=O) groups is 1. The molecule has 0 aliphatic heterocycles. The first-order valence-electron chi connectivity index (χ1n) is 7.58. The number of ether oxygens (including phenoxy) is 1. The summed E-state index contributed by atoms with van der Waals surface area (Å²) in [5.41, 5.74) is -0.616. The molecule has 1 N–H and O–H groups in total. The summed E-state index contributed by atoms with van der Waals surface area (Å²) in [6.07, 6.45) is 2.68. The first-order chi connectivity index (χ1) is 8.91. The zero-order valence-electron chi connectivity index (χ0n) is 13.2. The van der Waals surface area contributed by atoms with Crippen LogP contribution in [0.1, 0.15) is 47.5 Å². The topological polar surface area (TPSA) is 41.6 Å². The number of carbonyl (C=O) groups excluding carboxylic acids is 1. The molecule has 1 rings (SSSR count). The first kappa shape index (κ1) is 16.4. The van der Waals surface area contributed by atoms with Gasteiger partial charge in [-0.3, -0.25) is 10.1 Å². The normalized spacial score (nSPS) is 18.7. The van der Waals surface area contributed by atoms with Gasteiger partial charge in [0.05, 0.1) is 6.61 Å². The molecule has 0 aromatic rings. The molecule has 0 aromatic carbocycles. The molecule has 0 spiro atoms. The van der Waals surface area contributed by atoms with Crippen molar-refractivity contribution in [1.82, 2.24) is 10.2 Å². The third kappa shape index (κ3) is 5.49. The quantitative estimate of drug-likeness (QED) is 0.651. The lowest BCUT2D eigenvalue weighted by molar-refractivity contribution is -0.151. The highest BCUT2D eigenvalue weighted by atomic mass is 16.5. The van der Waals surface area contributed by atoms with Crippen molar-refractivity contribution in [3.8, 4) is 0 Å². The van der Waals surface area contributed by atoms with E-state index in [9.17, 15) is 4.79 Å². The smallest absolute Gasteiger partial charge is 0.327 e. The number of esters is 1. The molecule has 0 aromatic heterocycles. The Balaban J connectivity index is 2.66. The lowest BCUT2D eigenvalue weighted by atomic mass is 10.00. The second kappa shape index (κ2) is 7.25. The molecule has 0 saturated heterocycles. The van der Waals surface area contributed by atoms with Gasteiger partial charge in [-0.25, -0.2) is 0 Å². The van der Waals surface area contributed by atoms with Gasteiger partial charge in [0.25, 0.3) is 0 Å². The summed E-state index contributed by atoms with van der Waals surface area (Å²) in [5.74, 6) is 0.698. The molecule has 112 valence electrons. The van der Waals surface area contributed by atoms with E-state index in [0.29, 0.717) is 6.61 Å². The summed E-state index contributed by atoms with van der Waals surface area (Å²) in [6, 6.07) is 0.258. The lowest BCUT2D eigenvalue weighted by Gasteiger charge is -2.35. The molecule has 4 nitrogen and oxygen atoms in total. The summed E-state index contributed by atoms with van der Waals surface area (Å²) >= 11 is 0. The molecular weight excluding hydrogens is 240 g/mol. The van der Waals surface area contributed by atoms with Gasteiger partial charge < -0.3 is 9.64 Å². The van der Waals surface area contributed by atoms with Crippen molar-refractivity contribution in [3.05, 3.63) is 0 Å². The van der Waals surface area contributed by atoms with Crippen molar-refractivity contribution >= 4 is 5.97 Å². The Morgan fingerprint density at radius 3 is 2.47 bits per heavy atom. The van der Waals surface area contributed by atoms with Crippen LogP contribution in [-0.2, 0) is 9.53 Å². The maximum atomic E-state index is 12.2. The van der Waals surface area contributed by atoms with Crippen molar-refractivity contribution in [2.75, 3.05) is 26.2 Å². The van der Waals surface area contributed by atoms with E-state index in [-0.39, 0.29) is 12.0 Å². The van der Waals surface area contributed by atoms with Crippen LogP contribution in [0.5, 0.6) is 0 Å².